The van der Waals surface area contributed by atoms with E-state index in [9.17, 15) is 4.79 Å². The van der Waals surface area contributed by atoms with Crippen LogP contribution in [0.3, 0.4) is 0 Å². The summed E-state index contributed by atoms with van der Waals surface area (Å²) in [6.45, 7) is 5.88. The summed E-state index contributed by atoms with van der Waals surface area (Å²) < 4.78 is 0. The van der Waals surface area contributed by atoms with E-state index in [2.05, 4.69) is 48.0 Å². The molecule has 1 rings (SSSR count). The van der Waals surface area contributed by atoms with E-state index in [1.54, 1.807) is 6.92 Å². The molecular formula is C13H17BrO. The lowest BCUT2D eigenvalue weighted by atomic mass is 9.94. The summed E-state index contributed by atoms with van der Waals surface area (Å²) in [5.41, 5.74) is 3.72. The summed E-state index contributed by atoms with van der Waals surface area (Å²) in [5.74, 6) is 0.172. The maximum atomic E-state index is 11.4. The van der Waals surface area contributed by atoms with Crippen LogP contribution in [0.2, 0.25) is 0 Å². The largest absolute Gasteiger partial charge is 0.298 e. The van der Waals surface area contributed by atoms with E-state index in [1.807, 2.05) is 0 Å². The molecule has 0 saturated heterocycles. The number of hydrogen-bond donors (Lipinski definition) is 0. The smallest absolute Gasteiger partial charge is 0.147 e. The fourth-order valence-corrected chi connectivity index (χ4v) is 2.40. The molecule has 0 spiro atoms. The van der Waals surface area contributed by atoms with Crippen molar-refractivity contribution in [1.29, 1.82) is 0 Å². The lowest BCUT2D eigenvalue weighted by Gasteiger charge is -2.16. The molecule has 1 unspecified atom stereocenters. The van der Waals surface area contributed by atoms with Crippen molar-refractivity contribution in [3.05, 3.63) is 34.9 Å². The number of Topliss-reactive ketones (excluding diaryl/α,β-unsaturated/α-hetero) is 1. The standard InChI is InChI=1S/C13H17BrO/c1-4-10-7-6-8-11(5-2)12(10)13(14)9(3)15/h6-8,13H,4-5H2,1-3H3. The van der Waals surface area contributed by atoms with Gasteiger partial charge in [0.15, 0.2) is 0 Å². The quantitative estimate of drug-likeness (QED) is 0.759. The highest BCUT2D eigenvalue weighted by atomic mass is 79.9. The Labute approximate surface area is 100 Å². The Kier molecular flexibility index (Phi) is 4.52. The molecule has 1 nitrogen and oxygen atoms in total. The van der Waals surface area contributed by atoms with E-state index in [4.69, 9.17) is 0 Å². The molecule has 1 aromatic rings. The van der Waals surface area contributed by atoms with Gasteiger partial charge in [0.05, 0.1) is 4.83 Å². The van der Waals surface area contributed by atoms with Crippen molar-refractivity contribution < 1.29 is 4.79 Å². The number of carbonyl (C=O) groups excluding carboxylic acids is 1. The summed E-state index contributed by atoms with van der Waals surface area (Å²) >= 11 is 3.48. The van der Waals surface area contributed by atoms with Crippen LogP contribution in [0.5, 0.6) is 0 Å². The van der Waals surface area contributed by atoms with Gasteiger partial charge in [0.25, 0.3) is 0 Å². The van der Waals surface area contributed by atoms with Crippen molar-refractivity contribution in [1.82, 2.24) is 0 Å². The third kappa shape index (κ3) is 2.69. The van der Waals surface area contributed by atoms with Gasteiger partial charge in [-0.15, -0.1) is 0 Å². The van der Waals surface area contributed by atoms with Gasteiger partial charge < -0.3 is 0 Å². The first-order chi connectivity index (χ1) is 7.11. The maximum Gasteiger partial charge on any atom is 0.147 e. The van der Waals surface area contributed by atoms with Crippen molar-refractivity contribution in [2.45, 2.75) is 38.4 Å². The average Bonchev–Trinajstić information content (AvgIpc) is 2.26. The molecule has 15 heavy (non-hydrogen) atoms. The molecule has 82 valence electrons. The zero-order valence-corrected chi connectivity index (χ0v) is 11.1. The zero-order valence-electron chi connectivity index (χ0n) is 9.51. The van der Waals surface area contributed by atoms with Crippen LogP contribution in [0.1, 0.15) is 42.3 Å². The normalized spacial score (nSPS) is 12.5. The number of aryl methyl sites for hydroxylation is 2. The Balaban J connectivity index is 3.27. The summed E-state index contributed by atoms with van der Waals surface area (Å²) in [5, 5.41) is 0. The molecule has 0 saturated carbocycles. The van der Waals surface area contributed by atoms with Crippen LogP contribution in [-0.4, -0.2) is 5.78 Å². The molecule has 0 bridgehead atoms. The van der Waals surface area contributed by atoms with E-state index in [1.165, 1.54) is 16.7 Å². The molecule has 0 aromatic heterocycles. The number of halogens is 1. The molecule has 0 radical (unpaired) electrons. The molecular weight excluding hydrogens is 252 g/mol. The Morgan fingerprint density at radius 3 is 2.07 bits per heavy atom. The van der Waals surface area contributed by atoms with Gasteiger partial charge in [-0.3, -0.25) is 4.79 Å². The molecule has 0 aliphatic rings. The maximum absolute atomic E-state index is 11.4. The Hall–Kier alpha value is -0.630. The van der Waals surface area contributed by atoms with Crippen LogP contribution in [0.4, 0.5) is 0 Å². The van der Waals surface area contributed by atoms with Crippen molar-refractivity contribution in [3.8, 4) is 0 Å². The molecule has 1 aromatic carbocycles. The number of carbonyl (C=O) groups is 1. The summed E-state index contributed by atoms with van der Waals surface area (Å²) in [4.78, 5) is 11.3. The number of alkyl halides is 1. The second kappa shape index (κ2) is 5.45. The van der Waals surface area contributed by atoms with E-state index in [-0.39, 0.29) is 10.6 Å². The van der Waals surface area contributed by atoms with Gasteiger partial charge in [0, 0.05) is 0 Å². The Bertz CT molecular complexity index is 335. The van der Waals surface area contributed by atoms with Gasteiger partial charge in [-0.25, -0.2) is 0 Å². The SMILES string of the molecule is CCc1cccc(CC)c1C(Br)C(C)=O. The molecule has 0 amide bonds. The van der Waals surface area contributed by atoms with Gasteiger partial charge in [0.1, 0.15) is 5.78 Å². The van der Waals surface area contributed by atoms with Crippen molar-refractivity contribution in [2.75, 3.05) is 0 Å². The van der Waals surface area contributed by atoms with Gasteiger partial charge >= 0.3 is 0 Å². The van der Waals surface area contributed by atoms with Crippen LogP contribution >= 0.6 is 15.9 Å². The first-order valence-corrected chi connectivity index (χ1v) is 6.28. The number of rotatable bonds is 4. The fourth-order valence-electron chi connectivity index (χ4n) is 1.81. The third-order valence-electron chi connectivity index (χ3n) is 2.66. The predicted octanol–water partition coefficient (Wildman–Crippen LogP) is 3.84. The van der Waals surface area contributed by atoms with E-state index in [0.29, 0.717) is 0 Å². The van der Waals surface area contributed by atoms with Crippen LogP contribution in [0, 0.1) is 0 Å². The first kappa shape index (κ1) is 12.4. The van der Waals surface area contributed by atoms with Gasteiger partial charge in [0.2, 0.25) is 0 Å². The van der Waals surface area contributed by atoms with E-state index in [0.717, 1.165) is 12.8 Å². The van der Waals surface area contributed by atoms with E-state index < -0.39 is 0 Å². The molecule has 1 atom stereocenters. The Morgan fingerprint density at radius 1 is 1.27 bits per heavy atom. The average molecular weight is 269 g/mol. The van der Waals surface area contributed by atoms with Gasteiger partial charge in [-0.05, 0) is 36.5 Å². The highest BCUT2D eigenvalue weighted by molar-refractivity contribution is 9.09. The minimum absolute atomic E-state index is 0.149. The molecule has 2 heteroatoms. The van der Waals surface area contributed by atoms with Crippen LogP contribution in [0.25, 0.3) is 0 Å². The fraction of sp³-hybridized carbons (Fsp3) is 0.462. The van der Waals surface area contributed by atoms with Gasteiger partial charge in [-0.2, -0.15) is 0 Å². The number of benzene rings is 1. The first-order valence-electron chi connectivity index (χ1n) is 5.37. The zero-order chi connectivity index (χ0) is 11.4. The lowest BCUT2D eigenvalue weighted by molar-refractivity contribution is -0.116. The van der Waals surface area contributed by atoms with E-state index >= 15 is 0 Å². The molecule has 0 aliphatic carbocycles. The second-order valence-corrected chi connectivity index (χ2v) is 4.59. The summed E-state index contributed by atoms with van der Waals surface area (Å²) in [7, 11) is 0. The summed E-state index contributed by atoms with van der Waals surface area (Å²) in [6.07, 6.45) is 1.94. The van der Waals surface area contributed by atoms with Crippen LogP contribution < -0.4 is 0 Å². The monoisotopic (exact) mass is 268 g/mol. The lowest BCUT2D eigenvalue weighted by Crippen LogP contribution is -2.07. The molecule has 0 fully saturated rings. The van der Waals surface area contributed by atoms with Crippen molar-refractivity contribution >= 4 is 21.7 Å². The minimum atomic E-state index is -0.149. The number of hydrogen-bond acceptors (Lipinski definition) is 1. The topological polar surface area (TPSA) is 17.1 Å². The molecule has 0 N–H and O–H groups in total. The number of ketones is 1. The third-order valence-corrected chi connectivity index (χ3v) is 3.76. The van der Waals surface area contributed by atoms with Crippen molar-refractivity contribution in [2.24, 2.45) is 0 Å². The molecule has 0 heterocycles. The van der Waals surface area contributed by atoms with Crippen molar-refractivity contribution in [3.63, 3.8) is 0 Å². The molecule has 0 aliphatic heterocycles. The summed E-state index contributed by atoms with van der Waals surface area (Å²) in [6, 6.07) is 6.28. The van der Waals surface area contributed by atoms with Crippen LogP contribution in [0.15, 0.2) is 18.2 Å². The van der Waals surface area contributed by atoms with Gasteiger partial charge in [-0.1, -0.05) is 48.0 Å². The van der Waals surface area contributed by atoms with Crippen LogP contribution in [-0.2, 0) is 17.6 Å². The predicted molar refractivity (Wildman–Crippen MR) is 67.5 cm³/mol. The highest BCUT2D eigenvalue weighted by Crippen LogP contribution is 2.30. The second-order valence-electron chi connectivity index (χ2n) is 3.67. The highest BCUT2D eigenvalue weighted by Gasteiger charge is 2.18. The minimum Gasteiger partial charge on any atom is -0.298 e. The Morgan fingerprint density at radius 2 is 1.73 bits per heavy atom.